The molecule has 0 spiro atoms. The van der Waals surface area contributed by atoms with E-state index in [1.807, 2.05) is 18.2 Å². The molecule has 1 aliphatic rings. The first-order valence-corrected chi connectivity index (χ1v) is 6.24. The second-order valence-corrected chi connectivity index (χ2v) is 5.58. The lowest BCUT2D eigenvalue weighted by molar-refractivity contribution is -0.0882. The number of hydrogen-bond acceptors (Lipinski definition) is 3. The van der Waals surface area contributed by atoms with Crippen LogP contribution in [-0.2, 0) is 11.3 Å². The van der Waals surface area contributed by atoms with Gasteiger partial charge in [0, 0.05) is 30.3 Å². The van der Waals surface area contributed by atoms with Gasteiger partial charge in [0.2, 0.25) is 0 Å². The van der Waals surface area contributed by atoms with Gasteiger partial charge in [-0.1, -0.05) is 11.6 Å². The molecule has 0 radical (unpaired) electrons. The molecule has 0 amide bonds. The number of rotatable bonds is 2. The van der Waals surface area contributed by atoms with Crippen LogP contribution in [0.3, 0.4) is 0 Å². The van der Waals surface area contributed by atoms with Gasteiger partial charge in [-0.3, -0.25) is 4.90 Å². The Hall–Kier alpha value is -0.770. The van der Waals surface area contributed by atoms with E-state index in [9.17, 15) is 0 Å². The standard InChI is InChI=1S/C13H19ClN2O/c1-13(2)9-16(5-6-17-13)8-10-7-11(15)3-4-12(10)14/h3-4,7H,5-6,8-9,15H2,1-2H3. The SMILES string of the molecule is CC1(C)CN(Cc2cc(N)ccc2Cl)CCO1. The van der Waals surface area contributed by atoms with Crippen LogP contribution in [0.25, 0.3) is 0 Å². The van der Waals surface area contributed by atoms with E-state index in [0.29, 0.717) is 0 Å². The minimum absolute atomic E-state index is 0.0783. The van der Waals surface area contributed by atoms with Gasteiger partial charge in [-0.15, -0.1) is 0 Å². The molecular formula is C13H19ClN2O. The lowest BCUT2D eigenvalue weighted by atomic mass is 10.1. The Labute approximate surface area is 107 Å². The van der Waals surface area contributed by atoms with E-state index in [1.165, 1.54) is 0 Å². The highest BCUT2D eigenvalue weighted by atomic mass is 35.5. The highest BCUT2D eigenvalue weighted by Crippen LogP contribution is 2.23. The maximum Gasteiger partial charge on any atom is 0.0753 e. The monoisotopic (exact) mass is 254 g/mol. The van der Waals surface area contributed by atoms with Crippen molar-refractivity contribution in [3.8, 4) is 0 Å². The minimum atomic E-state index is -0.0783. The van der Waals surface area contributed by atoms with E-state index in [2.05, 4.69) is 18.7 Å². The van der Waals surface area contributed by atoms with Gasteiger partial charge in [-0.2, -0.15) is 0 Å². The second kappa shape index (κ2) is 4.84. The fourth-order valence-corrected chi connectivity index (χ4v) is 2.38. The zero-order chi connectivity index (χ0) is 12.5. The van der Waals surface area contributed by atoms with Crippen molar-refractivity contribution in [1.82, 2.24) is 4.90 Å². The van der Waals surface area contributed by atoms with Crippen LogP contribution in [0.15, 0.2) is 18.2 Å². The predicted molar refractivity (Wildman–Crippen MR) is 71.2 cm³/mol. The van der Waals surface area contributed by atoms with Crippen LogP contribution >= 0.6 is 11.6 Å². The van der Waals surface area contributed by atoms with Crippen LogP contribution in [0.4, 0.5) is 5.69 Å². The van der Waals surface area contributed by atoms with Gasteiger partial charge in [-0.05, 0) is 37.6 Å². The molecule has 1 aliphatic heterocycles. The van der Waals surface area contributed by atoms with Gasteiger partial charge >= 0.3 is 0 Å². The van der Waals surface area contributed by atoms with Gasteiger partial charge in [0.05, 0.1) is 12.2 Å². The van der Waals surface area contributed by atoms with Crippen LogP contribution in [0, 0.1) is 0 Å². The third kappa shape index (κ3) is 3.35. The first-order chi connectivity index (χ1) is 7.96. The quantitative estimate of drug-likeness (QED) is 0.825. The summed E-state index contributed by atoms with van der Waals surface area (Å²) in [6.45, 7) is 7.68. The highest BCUT2D eigenvalue weighted by Gasteiger charge is 2.27. The smallest absolute Gasteiger partial charge is 0.0753 e. The van der Waals surface area contributed by atoms with Crippen molar-refractivity contribution < 1.29 is 4.74 Å². The number of ether oxygens (including phenoxy) is 1. The molecule has 1 heterocycles. The number of nitrogens with zero attached hydrogens (tertiary/aromatic N) is 1. The average molecular weight is 255 g/mol. The van der Waals surface area contributed by atoms with Crippen molar-refractivity contribution in [3.05, 3.63) is 28.8 Å². The number of halogens is 1. The topological polar surface area (TPSA) is 38.5 Å². The summed E-state index contributed by atoms with van der Waals surface area (Å²) < 4.78 is 5.69. The van der Waals surface area contributed by atoms with E-state index < -0.39 is 0 Å². The Morgan fingerprint density at radius 3 is 2.94 bits per heavy atom. The molecule has 1 fully saturated rings. The van der Waals surface area contributed by atoms with Crippen molar-refractivity contribution in [2.24, 2.45) is 0 Å². The largest absolute Gasteiger partial charge is 0.399 e. The van der Waals surface area contributed by atoms with Crippen LogP contribution in [0.5, 0.6) is 0 Å². The maximum atomic E-state index is 6.17. The average Bonchev–Trinajstić information content (AvgIpc) is 2.22. The molecule has 3 nitrogen and oxygen atoms in total. The molecular weight excluding hydrogens is 236 g/mol. The Kier molecular flexibility index (Phi) is 3.61. The molecule has 1 aromatic carbocycles. The summed E-state index contributed by atoms with van der Waals surface area (Å²) in [5, 5.41) is 0.781. The number of morpholine rings is 1. The number of nitrogens with two attached hydrogens (primary N) is 1. The summed E-state index contributed by atoms with van der Waals surface area (Å²) >= 11 is 6.17. The Morgan fingerprint density at radius 1 is 1.47 bits per heavy atom. The van der Waals surface area contributed by atoms with Crippen molar-refractivity contribution >= 4 is 17.3 Å². The predicted octanol–water partition coefficient (Wildman–Crippen LogP) is 2.53. The molecule has 1 saturated heterocycles. The van der Waals surface area contributed by atoms with Crippen molar-refractivity contribution in [2.45, 2.75) is 26.0 Å². The lowest BCUT2D eigenvalue weighted by Crippen LogP contribution is -2.47. The fourth-order valence-electron chi connectivity index (χ4n) is 2.21. The summed E-state index contributed by atoms with van der Waals surface area (Å²) in [6.07, 6.45) is 0. The third-order valence-electron chi connectivity index (χ3n) is 2.97. The molecule has 4 heteroatoms. The van der Waals surface area contributed by atoms with Crippen LogP contribution in [0.1, 0.15) is 19.4 Å². The summed E-state index contributed by atoms with van der Waals surface area (Å²) in [5.41, 5.74) is 7.55. The molecule has 2 rings (SSSR count). The van der Waals surface area contributed by atoms with Gasteiger partial charge in [0.15, 0.2) is 0 Å². The van der Waals surface area contributed by atoms with E-state index >= 15 is 0 Å². The number of anilines is 1. The zero-order valence-electron chi connectivity index (χ0n) is 10.4. The molecule has 0 unspecified atom stereocenters. The van der Waals surface area contributed by atoms with Crippen molar-refractivity contribution in [3.63, 3.8) is 0 Å². The summed E-state index contributed by atoms with van der Waals surface area (Å²) in [5.74, 6) is 0. The van der Waals surface area contributed by atoms with E-state index in [0.717, 1.165) is 42.5 Å². The van der Waals surface area contributed by atoms with Crippen LogP contribution in [-0.4, -0.2) is 30.2 Å². The Bertz CT molecular complexity index is 406. The molecule has 0 saturated carbocycles. The molecule has 1 aromatic rings. The zero-order valence-corrected chi connectivity index (χ0v) is 11.1. The molecule has 94 valence electrons. The van der Waals surface area contributed by atoms with Gasteiger partial charge in [0.25, 0.3) is 0 Å². The summed E-state index contributed by atoms with van der Waals surface area (Å²) in [7, 11) is 0. The number of nitrogen functional groups attached to an aromatic ring is 1. The van der Waals surface area contributed by atoms with Gasteiger partial charge in [0.1, 0.15) is 0 Å². The first-order valence-electron chi connectivity index (χ1n) is 5.86. The Balaban J connectivity index is 2.07. The molecule has 0 bridgehead atoms. The maximum absolute atomic E-state index is 6.17. The summed E-state index contributed by atoms with van der Waals surface area (Å²) in [6, 6.07) is 5.64. The minimum Gasteiger partial charge on any atom is -0.399 e. The Morgan fingerprint density at radius 2 is 2.24 bits per heavy atom. The summed E-state index contributed by atoms with van der Waals surface area (Å²) in [4.78, 5) is 2.35. The van der Waals surface area contributed by atoms with Gasteiger partial charge in [-0.25, -0.2) is 0 Å². The first kappa shape index (κ1) is 12.7. The molecule has 0 atom stereocenters. The lowest BCUT2D eigenvalue weighted by Gasteiger charge is -2.38. The van der Waals surface area contributed by atoms with Crippen molar-refractivity contribution in [2.75, 3.05) is 25.4 Å². The normalized spacial score (nSPS) is 20.4. The van der Waals surface area contributed by atoms with Crippen LogP contribution in [0.2, 0.25) is 5.02 Å². The third-order valence-corrected chi connectivity index (χ3v) is 3.34. The molecule has 0 aromatic heterocycles. The van der Waals surface area contributed by atoms with Crippen molar-refractivity contribution in [1.29, 1.82) is 0 Å². The molecule has 17 heavy (non-hydrogen) atoms. The fraction of sp³-hybridized carbons (Fsp3) is 0.538. The van der Waals surface area contributed by atoms with E-state index in [4.69, 9.17) is 22.1 Å². The van der Waals surface area contributed by atoms with E-state index in [1.54, 1.807) is 0 Å². The molecule has 2 N–H and O–H groups in total. The number of benzene rings is 1. The molecule has 0 aliphatic carbocycles. The number of hydrogen-bond donors (Lipinski definition) is 1. The highest BCUT2D eigenvalue weighted by molar-refractivity contribution is 6.31. The second-order valence-electron chi connectivity index (χ2n) is 5.17. The van der Waals surface area contributed by atoms with Gasteiger partial charge < -0.3 is 10.5 Å². The van der Waals surface area contributed by atoms with Crippen LogP contribution < -0.4 is 5.73 Å². The van der Waals surface area contributed by atoms with E-state index in [-0.39, 0.29) is 5.60 Å².